The molecule has 0 unspecified atom stereocenters. The molecule has 2 heterocycles. The summed E-state index contributed by atoms with van der Waals surface area (Å²) in [6.07, 6.45) is 0.779. The Hall–Kier alpha value is -5.03. The van der Waals surface area contributed by atoms with Crippen molar-refractivity contribution in [3.05, 3.63) is 112 Å². The maximum absolute atomic E-state index is 15.0. The third kappa shape index (κ3) is 6.63. The monoisotopic (exact) mass is 600 g/mol. The number of para-hydroxylation sites is 1. The highest BCUT2D eigenvalue weighted by Crippen LogP contribution is 2.30. The second kappa shape index (κ2) is 13.5. The molecule has 0 bridgehead atoms. The van der Waals surface area contributed by atoms with Crippen molar-refractivity contribution < 1.29 is 18.0 Å². The van der Waals surface area contributed by atoms with E-state index in [4.69, 9.17) is 4.98 Å². The van der Waals surface area contributed by atoms with Crippen molar-refractivity contribution in [1.29, 1.82) is 0 Å². The average molecular weight is 601 g/mol. The molecule has 1 amide bonds. The molecule has 11 heteroatoms. The van der Waals surface area contributed by atoms with E-state index in [1.165, 1.54) is 42.5 Å². The number of nitrogens with zero attached hydrogens (tertiary/aromatic N) is 4. The second-order valence-electron chi connectivity index (χ2n) is 10.1. The van der Waals surface area contributed by atoms with E-state index in [1.807, 2.05) is 0 Å². The maximum atomic E-state index is 15.0. The number of rotatable bonds is 11. The van der Waals surface area contributed by atoms with Gasteiger partial charge in [0.15, 0.2) is 5.65 Å². The molecular weight excluding hydrogens is 569 g/mol. The molecule has 0 aliphatic carbocycles. The molecule has 0 saturated heterocycles. The van der Waals surface area contributed by atoms with Gasteiger partial charge in [0.2, 0.25) is 5.95 Å². The number of aromatic nitrogens is 3. The lowest BCUT2D eigenvalue weighted by atomic mass is 10.0. The summed E-state index contributed by atoms with van der Waals surface area (Å²) in [6.45, 7) is 7.36. The van der Waals surface area contributed by atoms with Crippen LogP contribution in [0.2, 0.25) is 0 Å². The average Bonchev–Trinajstić information content (AvgIpc) is 3.02. The van der Waals surface area contributed by atoms with Crippen LogP contribution in [0.3, 0.4) is 0 Å². The fourth-order valence-electron chi connectivity index (χ4n) is 4.92. The standard InChI is InChI=1S/C33H31F3N6O2/c1-3-41(4-2)19-7-18-37-33-39-29(21-8-5-9-22(20-21)32(44)38-24-14-12-23(34)13-15-24)25-16-17-28(43)42(31(25)40-33)30-26(35)10-6-11-27(30)36/h5-6,8-17,20H,3-4,7,18-19H2,1-2H3,(H,38,44)(H,37,39,40). The largest absolute Gasteiger partial charge is 0.354 e. The lowest BCUT2D eigenvalue weighted by Gasteiger charge is -2.18. The van der Waals surface area contributed by atoms with Gasteiger partial charge in [-0.05, 0) is 80.7 Å². The molecule has 5 aromatic rings. The number of halogens is 3. The molecular formula is C33H31F3N6O2. The number of amides is 1. The van der Waals surface area contributed by atoms with Crippen LogP contribution in [0.1, 0.15) is 30.6 Å². The number of carbonyl (C=O) groups excluding carboxylic acids is 1. The van der Waals surface area contributed by atoms with Crippen LogP contribution in [0.4, 0.5) is 24.8 Å². The molecule has 2 N–H and O–H groups in total. The molecule has 3 aromatic carbocycles. The van der Waals surface area contributed by atoms with E-state index in [0.717, 1.165) is 42.8 Å². The van der Waals surface area contributed by atoms with E-state index >= 15 is 0 Å². The number of carbonyl (C=O) groups is 1. The molecule has 2 aromatic heterocycles. The van der Waals surface area contributed by atoms with Crippen LogP contribution in [0, 0.1) is 17.5 Å². The van der Waals surface area contributed by atoms with Gasteiger partial charge >= 0.3 is 0 Å². The first-order valence-corrected chi connectivity index (χ1v) is 14.3. The van der Waals surface area contributed by atoms with Gasteiger partial charge in [-0.25, -0.2) is 18.2 Å². The summed E-state index contributed by atoms with van der Waals surface area (Å²) in [5.41, 5.74) is 0.345. The highest BCUT2D eigenvalue weighted by Gasteiger charge is 2.20. The van der Waals surface area contributed by atoms with Gasteiger partial charge in [0.25, 0.3) is 11.5 Å². The van der Waals surface area contributed by atoms with Gasteiger partial charge in [0, 0.05) is 34.8 Å². The van der Waals surface area contributed by atoms with Crippen LogP contribution in [0.25, 0.3) is 28.0 Å². The van der Waals surface area contributed by atoms with E-state index in [0.29, 0.717) is 34.4 Å². The number of anilines is 2. The summed E-state index contributed by atoms with van der Waals surface area (Å²) >= 11 is 0. The van der Waals surface area contributed by atoms with Gasteiger partial charge in [-0.3, -0.25) is 14.2 Å². The Bertz CT molecular complexity index is 1840. The van der Waals surface area contributed by atoms with Crippen molar-refractivity contribution in [1.82, 2.24) is 19.4 Å². The Kier molecular flexibility index (Phi) is 9.35. The summed E-state index contributed by atoms with van der Waals surface area (Å²) < 4.78 is 44.2. The number of nitrogens with one attached hydrogen (secondary N) is 2. The van der Waals surface area contributed by atoms with E-state index in [1.54, 1.807) is 24.3 Å². The first-order valence-electron chi connectivity index (χ1n) is 14.3. The smallest absolute Gasteiger partial charge is 0.256 e. The molecule has 0 radical (unpaired) electrons. The zero-order valence-corrected chi connectivity index (χ0v) is 24.3. The van der Waals surface area contributed by atoms with Gasteiger partial charge in [-0.15, -0.1) is 0 Å². The molecule has 8 nitrogen and oxygen atoms in total. The minimum Gasteiger partial charge on any atom is -0.354 e. The molecule has 0 atom stereocenters. The van der Waals surface area contributed by atoms with Crippen molar-refractivity contribution in [3.63, 3.8) is 0 Å². The molecule has 5 rings (SSSR count). The lowest BCUT2D eigenvalue weighted by Crippen LogP contribution is -2.25. The second-order valence-corrected chi connectivity index (χ2v) is 10.1. The molecule has 226 valence electrons. The van der Waals surface area contributed by atoms with Crippen LogP contribution in [0.15, 0.2) is 83.7 Å². The van der Waals surface area contributed by atoms with Crippen LogP contribution < -0.4 is 16.2 Å². The van der Waals surface area contributed by atoms with Crippen molar-refractivity contribution >= 4 is 28.6 Å². The van der Waals surface area contributed by atoms with E-state index in [-0.39, 0.29) is 11.6 Å². The first kappa shape index (κ1) is 30.4. The lowest BCUT2D eigenvalue weighted by molar-refractivity contribution is 0.102. The summed E-state index contributed by atoms with van der Waals surface area (Å²) in [6, 6.07) is 18.1. The summed E-state index contributed by atoms with van der Waals surface area (Å²) in [5.74, 6) is -2.55. The van der Waals surface area contributed by atoms with Gasteiger partial charge in [-0.2, -0.15) is 4.98 Å². The zero-order valence-electron chi connectivity index (χ0n) is 24.3. The zero-order chi connectivity index (χ0) is 31.2. The summed E-state index contributed by atoms with van der Waals surface area (Å²) in [5, 5.41) is 6.27. The van der Waals surface area contributed by atoms with Crippen LogP contribution in [0.5, 0.6) is 0 Å². The SMILES string of the molecule is CCN(CC)CCCNc1nc(-c2cccc(C(=O)Nc3ccc(F)cc3)c2)c2ccc(=O)n(-c3c(F)cccc3F)c2n1. The van der Waals surface area contributed by atoms with Gasteiger partial charge in [-0.1, -0.05) is 32.0 Å². The Morgan fingerprint density at radius 3 is 2.30 bits per heavy atom. The molecule has 0 fully saturated rings. The number of hydrogen-bond acceptors (Lipinski definition) is 6. The fourth-order valence-corrected chi connectivity index (χ4v) is 4.92. The highest BCUT2D eigenvalue weighted by atomic mass is 19.1. The molecule has 0 saturated carbocycles. The molecule has 44 heavy (non-hydrogen) atoms. The van der Waals surface area contributed by atoms with E-state index in [9.17, 15) is 22.8 Å². The minimum atomic E-state index is -0.923. The fraction of sp³-hybridized carbons (Fsp3) is 0.212. The Balaban J connectivity index is 1.60. The van der Waals surface area contributed by atoms with Gasteiger partial charge < -0.3 is 15.5 Å². The van der Waals surface area contributed by atoms with E-state index in [2.05, 4.69) is 34.4 Å². The quantitative estimate of drug-likeness (QED) is 0.174. The normalized spacial score (nSPS) is 11.2. The third-order valence-electron chi connectivity index (χ3n) is 7.24. The van der Waals surface area contributed by atoms with Crippen molar-refractivity contribution in [3.8, 4) is 16.9 Å². The molecule has 0 aliphatic rings. The maximum Gasteiger partial charge on any atom is 0.256 e. The van der Waals surface area contributed by atoms with E-state index < -0.39 is 34.6 Å². The van der Waals surface area contributed by atoms with Crippen molar-refractivity contribution in [2.24, 2.45) is 0 Å². The topological polar surface area (TPSA) is 92.2 Å². The number of benzene rings is 3. The Labute approximate surface area is 252 Å². The number of pyridine rings is 1. The predicted molar refractivity (Wildman–Crippen MR) is 166 cm³/mol. The van der Waals surface area contributed by atoms with Crippen LogP contribution in [-0.4, -0.2) is 51.5 Å². The highest BCUT2D eigenvalue weighted by molar-refractivity contribution is 6.05. The number of fused-ring (bicyclic) bond motifs is 1. The molecule has 0 aliphatic heterocycles. The summed E-state index contributed by atoms with van der Waals surface area (Å²) in [7, 11) is 0. The van der Waals surface area contributed by atoms with Gasteiger partial charge in [0.05, 0.1) is 5.69 Å². The first-order chi connectivity index (χ1) is 21.3. The Morgan fingerprint density at radius 2 is 1.59 bits per heavy atom. The third-order valence-corrected chi connectivity index (χ3v) is 7.24. The van der Waals surface area contributed by atoms with Crippen LogP contribution >= 0.6 is 0 Å². The number of hydrogen-bond donors (Lipinski definition) is 2. The van der Waals surface area contributed by atoms with Crippen molar-refractivity contribution in [2.45, 2.75) is 20.3 Å². The Morgan fingerprint density at radius 1 is 0.886 bits per heavy atom. The summed E-state index contributed by atoms with van der Waals surface area (Å²) in [4.78, 5) is 37.7. The minimum absolute atomic E-state index is 0.00101. The molecule has 0 spiro atoms. The predicted octanol–water partition coefficient (Wildman–Crippen LogP) is 6.26. The van der Waals surface area contributed by atoms with Gasteiger partial charge in [0.1, 0.15) is 23.1 Å². The van der Waals surface area contributed by atoms with Crippen LogP contribution in [-0.2, 0) is 0 Å². The van der Waals surface area contributed by atoms with Crippen molar-refractivity contribution in [2.75, 3.05) is 36.8 Å².